The van der Waals surface area contributed by atoms with Gasteiger partial charge in [0.15, 0.2) is 5.78 Å². The highest BCUT2D eigenvalue weighted by atomic mass is 16.5. The van der Waals surface area contributed by atoms with Crippen molar-refractivity contribution in [3.05, 3.63) is 29.8 Å². The third-order valence-corrected chi connectivity index (χ3v) is 3.89. The van der Waals surface area contributed by atoms with Gasteiger partial charge in [-0.3, -0.25) is 4.79 Å². The Hall–Kier alpha value is -1.35. The molecule has 1 fully saturated rings. The van der Waals surface area contributed by atoms with Crippen molar-refractivity contribution in [2.24, 2.45) is 11.7 Å². The molecule has 0 aliphatic heterocycles. The average Bonchev–Trinajstić information content (AvgIpc) is 2.38. The monoisotopic (exact) mass is 261 g/mol. The Morgan fingerprint density at radius 3 is 3.00 bits per heavy atom. The molecule has 3 nitrogen and oxygen atoms in total. The number of rotatable bonds is 4. The van der Waals surface area contributed by atoms with Crippen molar-refractivity contribution in [2.45, 2.75) is 45.1 Å². The number of hydrogen-bond donors (Lipinski definition) is 1. The summed E-state index contributed by atoms with van der Waals surface area (Å²) in [5.74, 6) is 1.32. The summed E-state index contributed by atoms with van der Waals surface area (Å²) in [6, 6.07) is 7.36. The molecule has 2 rings (SSSR count). The number of carbonyl (C=O) groups excluding carboxylic acids is 1. The van der Waals surface area contributed by atoms with Gasteiger partial charge in [0.25, 0.3) is 0 Å². The maximum absolute atomic E-state index is 12.6. The van der Waals surface area contributed by atoms with E-state index in [1.807, 2.05) is 25.1 Å². The van der Waals surface area contributed by atoms with Crippen molar-refractivity contribution in [3.63, 3.8) is 0 Å². The van der Waals surface area contributed by atoms with Gasteiger partial charge in [0.05, 0.1) is 12.1 Å². The van der Waals surface area contributed by atoms with Crippen LogP contribution in [-0.4, -0.2) is 17.9 Å². The lowest BCUT2D eigenvalue weighted by Gasteiger charge is -2.35. The van der Waals surface area contributed by atoms with Gasteiger partial charge in [0.2, 0.25) is 0 Å². The molecule has 2 N–H and O–H groups in total. The molecule has 0 aromatic heterocycles. The Balaban J connectivity index is 2.20. The van der Waals surface area contributed by atoms with Crippen LogP contribution in [0.15, 0.2) is 24.3 Å². The Labute approximate surface area is 115 Å². The third kappa shape index (κ3) is 3.16. The normalized spacial score (nSPS) is 27.0. The predicted molar refractivity (Wildman–Crippen MR) is 76.5 cm³/mol. The fourth-order valence-corrected chi connectivity index (χ4v) is 2.98. The van der Waals surface area contributed by atoms with E-state index in [-0.39, 0.29) is 5.78 Å². The lowest BCUT2D eigenvalue weighted by Crippen LogP contribution is -2.51. The average molecular weight is 261 g/mol. The molecule has 0 amide bonds. The van der Waals surface area contributed by atoms with Crippen LogP contribution in [0.25, 0.3) is 0 Å². The molecule has 1 saturated carbocycles. The number of Topliss-reactive ketones (excluding diaryl/α,β-unsaturated/α-hetero) is 1. The van der Waals surface area contributed by atoms with Crippen LogP contribution in [0.4, 0.5) is 0 Å². The zero-order valence-corrected chi connectivity index (χ0v) is 11.8. The van der Waals surface area contributed by atoms with Crippen LogP contribution < -0.4 is 10.5 Å². The van der Waals surface area contributed by atoms with Gasteiger partial charge < -0.3 is 10.5 Å². The number of carbonyl (C=O) groups is 1. The maximum Gasteiger partial charge on any atom is 0.182 e. The van der Waals surface area contributed by atoms with Crippen molar-refractivity contribution < 1.29 is 9.53 Å². The molecule has 0 heterocycles. The number of nitrogens with two attached hydrogens (primary N) is 1. The van der Waals surface area contributed by atoms with E-state index < -0.39 is 5.54 Å². The first-order chi connectivity index (χ1) is 9.05. The lowest BCUT2D eigenvalue weighted by molar-refractivity contribution is 0.0819. The van der Waals surface area contributed by atoms with Crippen LogP contribution >= 0.6 is 0 Å². The second-order valence-electron chi connectivity index (χ2n) is 5.65. The van der Waals surface area contributed by atoms with Crippen LogP contribution in [0.3, 0.4) is 0 Å². The van der Waals surface area contributed by atoms with Crippen molar-refractivity contribution in [2.75, 3.05) is 6.61 Å². The van der Waals surface area contributed by atoms with Crippen molar-refractivity contribution in [1.82, 2.24) is 0 Å². The fraction of sp³-hybridized carbons (Fsp3) is 0.562. The first-order valence-electron chi connectivity index (χ1n) is 7.12. The fourth-order valence-electron chi connectivity index (χ4n) is 2.98. The standard InChI is InChI=1S/C16H23NO2/c1-3-19-14-8-4-7-13(10-14)15(18)16(17)9-5-6-12(2)11-16/h4,7-8,10,12H,3,5-6,9,11,17H2,1-2H3. The van der Waals surface area contributed by atoms with Gasteiger partial charge in [-0.25, -0.2) is 0 Å². The molecule has 0 saturated heterocycles. The van der Waals surface area contributed by atoms with Gasteiger partial charge in [-0.1, -0.05) is 31.9 Å². The summed E-state index contributed by atoms with van der Waals surface area (Å²) in [6.07, 6.45) is 3.78. The molecular weight excluding hydrogens is 238 g/mol. The molecule has 0 spiro atoms. The Bertz CT molecular complexity index is 458. The Morgan fingerprint density at radius 1 is 1.53 bits per heavy atom. The third-order valence-electron chi connectivity index (χ3n) is 3.89. The molecular formula is C16H23NO2. The van der Waals surface area contributed by atoms with Crippen molar-refractivity contribution in [1.29, 1.82) is 0 Å². The number of benzene rings is 1. The van der Waals surface area contributed by atoms with E-state index in [4.69, 9.17) is 10.5 Å². The minimum atomic E-state index is -0.692. The van der Waals surface area contributed by atoms with Crippen LogP contribution in [-0.2, 0) is 0 Å². The second-order valence-corrected chi connectivity index (χ2v) is 5.65. The van der Waals surface area contributed by atoms with Gasteiger partial charge >= 0.3 is 0 Å². The van der Waals surface area contributed by atoms with Crippen molar-refractivity contribution in [3.8, 4) is 5.75 Å². The summed E-state index contributed by atoms with van der Waals surface area (Å²) >= 11 is 0. The first kappa shape index (κ1) is 14.1. The summed E-state index contributed by atoms with van der Waals surface area (Å²) in [4.78, 5) is 12.6. The van der Waals surface area contributed by atoms with E-state index in [0.717, 1.165) is 25.0 Å². The van der Waals surface area contributed by atoms with E-state index in [2.05, 4.69) is 6.92 Å². The van der Waals surface area contributed by atoms with E-state index in [0.29, 0.717) is 18.1 Å². The predicted octanol–water partition coefficient (Wildman–Crippen LogP) is 3.18. The molecule has 2 unspecified atom stereocenters. The van der Waals surface area contributed by atoms with Gasteiger partial charge in [0.1, 0.15) is 5.75 Å². The molecule has 0 radical (unpaired) electrons. The van der Waals surface area contributed by atoms with E-state index >= 15 is 0 Å². The zero-order chi connectivity index (χ0) is 13.9. The van der Waals surface area contributed by atoms with Crippen LogP contribution in [0.1, 0.15) is 49.9 Å². The van der Waals surface area contributed by atoms with Gasteiger partial charge in [-0.15, -0.1) is 0 Å². The highest BCUT2D eigenvalue weighted by Gasteiger charge is 2.38. The molecule has 3 heteroatoms. The number of ketones is 1. The van der Waals surface area contributed by atoms with Gasteiger partial charge in [-0.2, -0.15) is 0 Å². The smallest absolute Gasteiger partial charge is 0.182 e. The summed E-state index contributed by atoms with van der Waals surface area (Å²) < 4.78 is 5.45. The van der Waals surface area contributed by atoms with Crippen LogP contribution in [0.5, 0.6) is 5.75 Å². The molecule has 1 aromatic carbocycles. The summed E-state index contributed by atoms with van der Waals surface area (Å²) in [5, 5.41) is 0. The molecule has 1 aliphatic rings. The maximum atomic E-state index is 12.6. The molecule has 1 aliphatic carbocycles. The summed E-state index contributed by atoms with van der Waals surface area (Å²) in [5.41, 5.74) is 6.34. The Kier molecular flexibility index (Phi) is 4.25. The van der Waals surface area contributed by atoms with Crippen molar-refractivity contribution >= 4 is 5.78 Å². The van der Waals surface area contributed by atoms with E-state index in [1.54, 1.807) is 6.07 Å². The van der Waals surface area contributed by atoms with Crippen LogP contribution in [0, 0.1) is 5.92 Å². The van der Waals surface area contributed by atoms with E-state index in [1.165, 1.54) is 6.42 Å². The minimum Gasteiger partial charge on any atom is -0.494 e. The second kappa shape index (κ2) is 5.74. The molecule has 19 heavy (non-hydrogen) atoms. The number of ether oxygens (including phenoxy) is 1. The Morgan fingerprint density at radius 2 is 2.32 bits per heavy atom. The zero-order valence-electron chi connectivity index (χ0n) is 11.8. The largest absolute Gasteiger partial charge is 0.494 e. The molecule has 1 aromatic rings. The van der Waals surface area contributed by atoms with E-state index in [9.17, 15) is 4.79 Å². The summed E-state index contributed by atoms with van der Waals surface area (Å²) in [6.45, 7) is 4.70. The molecule has 104 valence electrons. The summed E-state index contributed by atoms with van der Waals surface area (Å²) in [7, 11) is 0. The van der Waals surface area contributed by atoms with Crippen LogP contribution in [0.2, 0.25) is 0 Å². The molecule has 2 atom stereocenters. The SMILES string of the molecule is CCOc1cccc(C(=O)C2(N)CCCC(C)C2)c1. The van der Waals surface area contributed by atoms with Gasteiger partial charge in [-0.05, 0) is 37.8 Å². The quantitative estimate of drug-likeness (QED) is 0.847. The number of hydrogen-bond acceptors (Lipinski definition) is 3. The minimum absolute atomic E-state index is 0.0561. The lowest BCUT2D eigenvalue weighted by atomic mass is 9.73. The van der Waals surface area contributed by atoms with Gasteiger partial charge in [0, 0.05) is 5.56 Å². The topological polar surface area (TPSA) is 52.3 Å². The first-order valence-corrected chi connectivity index (χ1v) is 7.12. The molecule has 0 bridgehead atoms. The highest BCUT2D eigenvalue weighted by molar-refractivity contribution is 6.03. The highest BCUT2D eigenvalue weighted by Crippen LogP contribution is 2.33.